The van der Waals surface area contributed by atoms with Crippen molar-refractivity contribution in [1.82, 2.24) is 5.32 Å². The quantitative estimate of drug-likeness (QED) is 0.251. The second-order valence-corrected chi connectivity index (χ2v) is 9.19. The Morgan fingerprint density at radius 2 is 1.91 bits per heavy atom. The van der Waals surface area contributed by atoms with Crippen LogP contribution in [0.1, 0.15) is 5.76 Å². The predicted octanol–water partition coefficient (Wildman–Crippen LogP) is 5.69. The van der Waals surface area contributed by atoms with Crippen LogP contribution in [-0.4, -0.2) is 24.0 Å². The van der Waals surface area contributed by atoms with E-state index in [-0.39, 0.29) is 10.7 Å². The van der Waals surface area contributed by atoms with E-state index >= 15 is 0 Å². The van der Waals surface area contributed by atoms with Crippen LogP contribution in [0.15, 0.2) is 79.0 Å². The SMILES string of the molecule is COc1ccccc1N1C(=O)/C(=C/c2cc(Br)c(Sc3ccc(Cl)cc3)o2)C(=O)NC1=S. The maximum absolute atomic E-state index is 13.2. The van der Waals surface area contributed by atoms with Gasteiger partial charge in [-0.2, -0.15) is 0 Å². The molecular formula is C22H14BrClN2O4S2. The molecule has 3 aromatic rings. The van der Waals surface area contributed by atoms with Gasteiger partial charge in [0.2, 0.25) is 0 Å². The van der Waals surface area contributed by atoms with Crippen molar-refractivity contribution in [2.45, 2.75) is 9.99 Å². The Morgan fingerprint density at radius 3 is 2.62 bits per heavy atom. The third-order valence-corrected chi connectivity index (χ3v) is 6.80. The predicted molar refractivity (Wildman–Crippen MR) is 131 cm³/mol. The molecule has 1 fully saturated rings. The maximum Gasteiger partial charge on any atom is 0.270 e. The molecule has 4 rings (SSSR count). The average molecular weight is 550 g/mol. The fourth-order valence-electron chi connectivity index (χ4n) is 2.95. The van der Waals surface area contributed by atoms with E-state index in [1.807, 2.05) is 12.1 Å². The number of carbonyl (C=O) groups is 2. The zero-order valence-corrected chi connectivity index (χ0v) is 20.4. The minimum absolute atomic E-state index is 0.0266. The van der Waals surface area contributed by atoms with Crippen LogP contribution in [0.5, 0.6) is 5.75 Å². The fourth-order valence-corrected chi connectivity index (χ4v) is 4.68. The standard InChI is InChI=1S/C22H14BrClN2O4S2/c1-29-18-5-3-2-4-17(18)26-20(28)15(19(27)25-22(26)31)10-13-11-16(23)21(30-13)32-14-8-6-12(24)7-9-14/h2-11H,1H3,(H,25,27,31)/b15-10+. The summed E-state index contributed by atoms with van der Waals surface area (Å²) in [6.07, 6.45) is 1.39. The van der Waals surface area contributed by atoms with E-state index in [4.69, 9.17) is 33.0 Å². The highest BCUT2D eigenvalue weighted by Gasteiger charge is 2.36. The van der Waals surface area contributed by atoms with Gasteiger partial charge < -0.3 is 9.15 Å². The molecule has 1 N–H and O–H groups in total. The van der Waals surface area contributed by atoms with Crippen molar-refractivity contribution >= 4 is 80.2 Å². The van der Waals surface area contributed by atoms with Gasteiger partial charge in [0, 0.05) is 9.92 Å². The number of furan rings is 1. The largest absolute Gasteiger partial charge is 0.495 e. The topological polar surface area (TPSA) is 71.8 Å². The highest BCUT2D eigenvalue weighted by Crippen LogP contribution is 2.37. The molecule has 162 valence electrons. The van der Waals surface area contributed by atoms with E-state index in [0.717, 1.165) is 4.90 Å². The molecule has 1 aliphatic rings. The molecule has 0 unspecified atom stereocenters. The third-order valence-electron chi connectivity index (χ3n) is 4.41. The number of hydrogen-bond acceptors (Lipinski definition) is 6. The summed E-state index contributed by atoms with van der Waals surface area (Å²) < 4.78 is 11.9. The summed E-state index contributed by atoms with van der Waals surface area (Å²) in [5.41, 5.74) is 0.310. The second kappa shape index (κ2) is 9.50. The molecule has 1 saturated heterocycles. The van der Waals surface area contributed by atoms with E-state index in [2.05, 4.69) is 21.2 Å². The molecule has 1 aliphatic heterocycles. The lowest BCUT2D eigenvalue weighted by Crippen LogP contribution is -2.54. The Hall–Kier alpha value is -2.59. The molecule has 2 heterocycles. The number of para-hydroxylation sites is 2. The molecule has 2 aromatic carbocycles. The molecule has 0 spiro atoms. The second-order valence-electron chi connectivity index (χ2n) is 6.47. The number of carbonyl (C=O) groups excluding carboxylic acids is 2. The first kappa shape index (κ1) is 22.6. The van der Waals surface area contributed by atoms with Crippen molar-refractivity contribution in [3.05, 3.63) is 75.4 Å². The van der Waals surface area contributed by atoms with Gasteiger partial charge in [0.1, 0.15) is 17.1 Å². The van der Waals surface area contributed by atoms with Gasteiger partial charge in [-0.25, -0.2) is 4.90 Å². The lowest BCUT2D eigenvalue weighted by Gasteiger charge is -2.29. The van der Waals surface area contributed by atoms with Crippen molar-refractivity contribution in [3.8, 4) is 5.75 Å². The Balaban J connectivity index is 1.65. The number of thiocarbonyl (C=S) groups is 1. The van der Waals surface area contributed by atoms with Crippen LogP contribution in [0.2, 0.25) is 5.02 Å². The van der Waals surface area contributed by atoms with Crippen LogP contribution in [-0.2, 0) is 9.59 Å². The number of nitrogens with zero attached hydrogens (tertiary/aromatic N) is 1. The molecule has 1 aromatic heterocycles. The number of rotatable bonds is 5. The molecule has 0 radical (unpaired) electrons. The number of halogens is 2. The van der Waals surface area contributed by atoms with E-state index in [9.17, 15) is 9.59 Å². The molecule has 6 nitrogen and oxygen atoms in total. The third kappa shape index (κ3) is 4.61. The van der Waals surface area contributed by atoms with E-state index in [1.54, 1.807) is 42.5 Å². The van der Waals surface area contributed by atoms with Gasteiger partial charge in [0.05, 0.1) is 17.3 Å². The molecule has 0 atom stereocenters. The van der Waals surface area contributed by atoms with Gasteiger partial charge in [-0.05, 0) is 76.7 Å². The number of methoxy groups -OCH3 is 1. The first-order chi connectivity index (χ1) is 15.4. The average Bonchev–Trinajstić information content (AvgIpc) is 3.11. The monoisotopic (exact) mass is 548 g/mol. The van der Waals surface area contributed by atoms with Gasteiger partial charge in [-0.3, -0.25) is 14.9 Å². The summed E-state index contributed by atoms with van der Waals surface area (Å²) in [5.74, 6) is -0.408. The smallest absolute Gasteiger partial charge is 0.270 e. The number of amides is 2. The Bertz CT molecular complexity index is 1260. The van der Waals surface area contributed by atoms with Crippen LogP contribution in [0.4, 0.5) is 5.69 Å². The van der Waals surface area contributed by atoms with Gasteiger partial charge in [0.15, 0.2) is 10.2 Å². The van der Waals surface area contributed by atoms with Gasteiger partial charge in [-0.1, -0.05) is 35.5 Å². The summed E-state index contributed by atoms with van der Waals surface area (Å²) in [4.78, 5) is 27.9. The number of ether oxygens (including phenoxy) is 1. The van der Waals surface area contributed by atoms with Crippen molar-refractivity contribution in [2.75, 3.05) is 12.0 Å². The molecule has 0 bridgehead atoms. The van der Waals surface area contributed by atoms with Crippen LogP contribution >= 0.6 is 51.5 Å². The first-order valence-corrected chi connectivity index (χ1v) is 11.5. The fraction of sp³-hybridized carbons (Fsp3) is 0.0455. The Morgan fingerprint density at radius 1 is 1.19 bits per heavy atom. The number of hydrogen-bond donors (Lipinski definition) is 1. The zero-order valence-electron chi connectivity index (χ0n) is 16.4. The van der Waals surface area contributed by atoms with Crippen LogP contribution < -0.4 is 15.0 Å². The summed E-state index contributed by atoms with van der Waals surface area (Å²) >= 11 is 16.0. The summed E-state index contributed by atoms with van der Waals surface area (Å²) in [5, 5.41) is 3.73. The number of benzene rings is 2. The maximum atomic E-state index is 13.2. The highest BCUT2D eigenvalue weighted by atomic mass is 79.9. The van der Waals surface area contributed by atoms with Crippen molar-refractivity contribution in [2.24, 2.45) is 0 Å². The Kier molecular flexibility index (Phi) is 6.71. The number of nitrogens with one attached hydrogen (secondary N) is 1. The summed E-state index contributed by atoms with van der Waals surface area (Å²) in [7, 11) is 1.49. The summed E-state index contributed by atoms with van der Waals surface area (Å²) in [6, 6.07) is 15.9. The Labute approximate surface area is 206 Å². The number of anilines is 1. The zero-order chi connectivity index (χ0) is 22.8. The lowest BCUT2D eigenvalue weighted by atomic mass is 10.1. The van der Waals surface area contributed by atoms with Crippen molar-refractivity contribution in [1.29, 1.82) is 0 Å². The van der Waals surface area contributed by atoms with Gasteiger partial charge >= 0.3 is 0 Å². The highest BCUT2D eigenvalue weighted by molar-refractivity contribution is 9.10. The van der Waals surface area contributed by atoms with E-state index < -0.39 is 11.8 Å². The first-order valence-electron chi connectivity index (χ1n) is 9.14. The lowest BCUT2D eigenvalue weighted by molar-refractivity contribution is -0.122. The molecular weight excluding hydrogens is 536 g/mol. The molecule has 0 aliphatic carbocycles. The van der Waals surface area contributed by atoms with E-state index in [0.29, 0.717) is 31.8 Å². The summed E-state index contributed by atoms with van der Waals surface area (Å²) in [6.45, 7) is 0. The van der Waals surface area contributed by atoms with Crippen LogP contribution in [0.3, 0.4) is 0 Å². The van der Waals surface area contributed by atoms with Crippen molar-refractivity contribution in [3.63, 3.8) is 0 Å². The normalized spacial score (nSPS) is 15.3. The van der Waals surface area contributed by atoms with Gasteiger partial charge in [-0.15, -0.1) is 0 Å². The van der Waals surface area contributed by atoms with Gasteiger partial charge in [0.25, 0.3) is 11.8 Å². The molecule has 0 saturated carbocycles. The minimum atomic E-state index is -0.606. The van der Waals surface area contributed by atoms with Crippen molar-refractivity contribution < 1.29 is 18.7 Å². The van der Waals surface area contributed by atoms with Crippen LogP contribution in [0, 0.1) is 0 Å². The molecule has 10 heteroatoms. The minimum Gasteiger partial charge on any atom is -0.495 e. The van der Waals surface area contributed by atoms with E-state index in [1.165, 1.54) is 29.8 Å². The molecule has 2 amide bonds. The molecule has 32 heavy (non-hydrogen) atoms. The van der Waals surface area contributed by atoms with Crippen LogP contribution in [0.25, 0.3) is 6.08 Å².